The van der Waals surface area contributed by atoms with Crippen LogP contribution in [0.2, 0.25) is 0 Å². The first-order chi connectivity index (χ1) is 10.0. The fourth-order valence-corrected chi connectivity index (χ4v) is 5.26. The summed E-state index contributed by atoms with van der Waals surface area (Å²) >= 11 is 0. The average molecular weight is 316 g/mol. The Hall–Kier alpha value is -0.620. The number of nitrogens with zero attached hydrogens (tertiary/aromatic N) is 1. The smallest absolute Gasteiger partial charge is 0.226 e. The van der Waals surface area contributed by atoms with Gasteiger partial charge in [-0.15, -0.1) is 0 Å². The van der Waals surface area contributed by atoms with E-state index in [1.54, 1.807) is 0 Å². The second-order valence-electron chi connectivity index (χ2n) is 6.42. The van der Waals surface area contributed by atoms with Crippen molar-refractivity contribution >= 4 is 15.7 Å². The molecule has 0 spiro atoms. The van der Waals surface area contributed by atoms with Crippen LogP contribution in [-0.4, -0.2) is 49.9 Å². The summed E-state index contributed by atoms with van der Waals surface area (Å²) < 4.78 is 23.2. The Kier molecular flexibility index (Phi) is 6.05. The molecule has 6 heteroatoms. The molecular weight excluding hydrogens is 288 g/mol. The van der Waals surface area contributed by atoms with E-state index in [0.29, 0.717) is 19.5 Å². The fourth-order valence-electron chi connectivity index (χ4n) is 3.53. The Balaban J connectivity index is 2.05. The summed E-state index contributed by atoms with van der Waals surface area (Å²) in [4.78, 5) is 14.7. The third kappa shape index (κ3) is 4.68. The van der Waals surface area contributed by atoms with E-state index in [1.165, 1.54) is 25.7 Å². The van der Waals surface area contributed by atoms with Crippen LogP contribution in [0.4, 0.5) is 0 Å². The number of amides is 1. The zero-order valence-corrected chi connectivity index (χ0v) is 13.6. The van der Waals surface area contributed by atoms with Crippen molar-refractivity contribution in [2.24, 2.45) is 11.7 Å². The first-order valence-corrected chi connectivity index (χ1v) is 10.1. The largest absolute Gasteiger partial charge is 0.339 e. The van der Waals surface area contributed by atoms with Gasteiger partial charge in [-0.25, -0.2) is 8.42 Å². The molecule has 1 heterocycles. The molecule has 2 rings (SSSR count). The summed E-state index contributed by atoms with van der Waals surface area (Å²) in [6.45, 7) is 1.25. The zero-order valence-electron chi connectivity index (χ0n) is 12.8. The van der Waals surface area contributed by atoms with Gasteiger partial charge in [0.15, 0.2) is 9.84 Å². The van der Waals surface area contributed by atoms with Crippen LogP contribution in [-0.2, 0) is 14.6 Å². The normalized spacial score (nSPS) is 26.4. The predicted octanol–water partition coefficient (Wildman–Crippen LogP) is 1.32. The summed E-state index contributed by atoms with van der Waals surface area (Å²) in [5.41, 5.74) is 5.60. The molecule has 5 nitrogen and oxygen atoms in total. The highest BCUT2D eigenvalue weighted by molar-refractivity contribution is 7.91. The standard InChI is InChI=1S/C15H28N2O3S/c16-9-5-10-17(14-6-3-1-2-4-7-14)15(18)13-8-11-21(19,20)12-13/h13-14H,1-12,16H2. The maximum Gasteiger partial charge on any atom is 0.226 e. The van der Waals surface area contributed by atoms with Gasteiger partial charge in [0.25, 0.3) is 0 Å². The van der Waals surface area contributed by atoms with E-state index < -0.39 is 9.84 Å². The summed E-state index contributed by atoms with van der Waals surface area (Å²) in [6.07, 6.45) is 8.21. The number of rotatable bonds is 5. The minimum Gasteiger partial charge on any atom is -0.339 e. The number of nitrogens with two attached hydrogens (primary N) is 1. The van der Waals surface area contributed by atoms with Gasteiger partial charge < -0.3 is 10.6 Å². The molecule has 2 fully saturated rings. The monoisotopic (exact) mass is 316 g/mol. The molecule has 1 aliphatic heterocycles. The molecule has 0 radical (unpaired) electrons. The SMILES string of the molecule is NCCCN(C(=O)C1CCS(=O)(=O)C1)C1CCCCCC1. The minimum atomic E-state index is -3.00. The van der Waals surface area contributed by atoms with Crippen molar-refractivity contribution in [1.82, 2.24) is 4.90 Å². The Morgan fingerprint density at radius 1 is 1.10 bits per heavy atom. The van der Waals surface area contributed by atoms with Gasteiger partial charge in [-0.05, 0) is 32.2 Å². The van der Waals surface area contributed by atoms with Crippen molar-refractivity contribution in [1.29, 1.82) is 0 Å². The molecular formula is C15H28N2O3S. The number of carbonyl (C=O) groups is 1. The number of hydrogen-bond acceptors (Lipinski definition) is 4. The first-order valence-electron chi connectivity index (χ1n) is 8.24. The highest BCUT2D eigenvalue weighted by Gasteiger charge is 2.37. The minimum absolute atomic E-state index is 0.0394. The molecule has 1 atom stereocenters. The Morgan fingerprint density at radius 3 is 2.29 bits per heavy atom. The van der Waals surface area contributed by atoms with Crippen molar-refractivity contribution in [2.75, 3.05) is 24.6 Å². The lowest BCUT2D eigenvalue weighted by atomic mass is 10.0. The Bertz CT molecular complexity index is 442. The van der Waals surface area contributed by atoms with Crippen LogP contribution in [0.3, 0.4) is 0 Å². The first kappa shape index (κ1) is 16.7. The predicted molar refractivity (Wildman–Crippen MR) is 83.6 cm³/mol. The van der Waals surface area contributed by atoms with Crippen LogP contribution in [0.15, 0.2) is 0 Å². The second-order valence-corrected chi connectivity index (χ2v) is 8.65. The van der Waals surface area contributed by atoms with Crippen LogP contribution in [0.1, 0.15) is 51.4 Å². The zero-order chi connectivity index (χ0) is 15.3. The van der Waals surface area contributed by atoms with E-state index in [0.717, 1.165) is 19.3 Å². The number of hydrogen-bond donors (Lipinski definition) is 1. The topological polar surface area (TPSA) is 80.5 Å². The molecule has 1 saturated carbocycles. The maximum atomic E-state index is 12.8. The van der Waals surface area contributed by atoms with Crippen LogP contribution < -0.4 is 5.73 Å². The van der Waals surface area contributed by atoms with Crippen LogP contribution >= 0.6 is 0 Å². The van der Waals surface area contributed by atoms with Crippen molar-refractivity contribution in [3.63, 3.8) is 0 Å². The third-order valence-electron chi connectivity index (χ3n) is 4.73. The van der Waals surface area contributed by atoms with Crippen LogP contribution in [0.5, 0.6) is 0 Å². The van der Waals surface area contributed by atoms with Crippen LogP contribution in [0.25, 0.3) is 0 Å². The average Bonchev–Trinajstić information content (AvgIpc) is 2.66. The lowest BCUT2D eigenvalue weighted by Crippen LogP contribution is -2.44. The maximum absolute atomic E-state index is 12.8. The van der Waals surface area contributed by atoms with E-state index in [4.69, 9.17) is 5.73 Å². The van der Waals surface area contributed by atoms with Crippen molar-refractivity contribution in [3.8, 4) is 0 Å². The molecule has 0 aromatic heterocycles. The summed E-state index contributed by atoms with van der Waals surface area (Å²) in [7, 11) is -3.00. The molecule has 1 unspecified atom stereocenters. The van der Waals surface area contributed by atoms with E-state index in [1.807, 2.05) is 4.90 Å². The molecule has 2 N–H and O–H groups in total. The molecule has 0 aromatic carbocycles. The fraction of sp³-hybridized carbons (Fsp3) is 0.933. The molecule has 21 heavy (non-hydrogen) atoms. The van der Waals surface area contributed by atoms with E-state index in [-0.39, 0.29) is 29.4 Å². The highest BCUT2D eigenvalue weighted by atomic mass is 32.2. The Labute approximate surface area is 128 Å². The molecule has 2 aliphatic rings. The summed E-state index contributed by atoms with van der Waals surface area (Å²) in [6, 6.07) is 0.287. The lowest BCUT2D eigenvalue weighted by molar-refractivity contribution is -0.137. The van der Waals surface area contributed by atoms with Gasteiger partial charge in [0.2, 0.25) is 5.91 Å². The highest BCUT2D eigenvalue weighted by Crippen LogP contribution is 2.27. The van der Waals surface area contributed by atoms with Gasteiger partial charge in [-0.1, -0.05) is 25.7 Å². The molecule has 122 valence electrons. The quantitative estimate of drug-likeness (QED) is 0.776. The van der Waals surface area contributed by atoms with E-state index in [9.17, 15) is 13.2 Å². The van der Waals surface area contributed by atoms with Gasteiger partial charge in [0, 0.05) is 12.6 Å². The van der Waals surface area contributed by atoms with Gasteiger partial charge in [0.05, 0.1) is 17.4 Å². The molecule has 0 aromatic rings. The van der Waals surface area contributed by atoms with Gasteiger partial charge in [-0.2, -0.15) is 0 Å². The second kappa shape index (κ2) is 7.58. The van der Waals surface area contributed by atoms with E-state index >= 15 is 0 Å². The van der Waals surface area contributed by atoms with Gasteiger partial charge in [-0.3, -0.25) is 4.79 Å². The number of carbonyl (C=O) groups excluding carboxylic acids is 1. The Morgan fingerprint density at radius 2 is 1.76 bits per heavy atom. The van der Waals surface area contributed by atoms with Crippen molar-refractivity contribution in [3.05, 3.63) is 0 Å². The number of sulfone groups is 1. The molecule has 1 amide bonds. The van der Waals surface area contributed by atoms with Crippen molar-refractivity contribution < 1.29 is 13.2 Å². The van der Waals surface area contributed by atoms with Gasteiger partial charge in [0.1, 0.15) is 0 Å². The summed E-state index contributed by atoms with van der Waals surface area (Å²) in [5, 5.41) is 0. The van der Waals surface area contributed by atoms with Crippen LogP contribution in [0, 0.1) is 5.92 Å². The lowest BCUT2D eigenvalue weighted by Gasteiger charge is -2.33. The van der Waals surface area contributed by atoms with Crippen molar-refractivity contribution in [2.45, 2.75) is 57.4 Å². The van der Waals surface area contributed by atoms with E-state index in [2.05, 4.69) is 0 Å². The molecule has 0 bridgehead atoms. The molecule has 1 aliphatic carbocycles. The van der Waals surface area contributed by atoms with Gasteiger partial charge >= 0.3 is 0 Å². The third-order valence-corrected chi connectivity index (χ3v) is 6.50. The summed E-state index contributed by atoms with van der Waals surface area (Å²) in [5.74, 6) is -0.0660. The molecule has 1 saturated heterocycles.